The molecule has 6 heteroatoms. The van der Waals surface area contributed by atoms with E-state index in [0.717, 1.165) is 67.5 Å². The largest absolute Gasteiger partial charge is 0.341 e. The number of anilines is 1. The van der Waals surface area contributed by atoms with Crippen LogP contribution in [-0.4, -0.2) is 40.9 Å². The zero-order valence-corrected chi connectivity index (χ0v) is 21.1. The molecule has 3 aliphatic rings. The molecule has 2 fully saturated rings. The number of carbonyl (C=O) groups is 2. The summed E-state index contributed by atoms with van der Waals surface area (Å²) in [6.45, 7) is 3.69. The van der Waals surface area contributed by atoms with E-state index >= 15 is 0 Å². The minimum Gasteiger partial charge on any atom is -0.341 e. The molecule has 1 saturated heterocycles. The SMILES string of the molecule is Cc1ccc2c(C3CCCCC3)c3n(c2c1)CC(=O)N(CC(=O)N1CCCCC1)c1ccc(F)cc1-3. The third-order valence-electron chi connectivity index (χ3n) is 8.37. The van der Waals surface area contributed by atoms with Crippen molar-refractivity contribution in [3.8, 4) is 11.3 Å². The molecule has 0 N–H and O–H groups in total. The van der Waals surface area contributed by atoms with Crippen molar-refractivity contribution in [3.05, 3.63) is 53.3 Å². The number of aromatic nitrogens is 1. The molecule has 0 unspecified atom stereocenters. The second-order valence-electron chi connectivity index (χ2n) is 10.8. The van der Waals surface area contributed by atoms with Crippen LogP contribution >= 0.6 is 0 Å². The van der Waals surface area contributed by atoms with Crippen molar-refractivity contribution in [3.63, 3.8) is 0 Å². The molecule has 0 bridgehead atoms. The fourth-order valence-electron chi connectivity index (χ4n) is 6.59. The molecule has 3 heterocycles. The van der Waals surface area contributed by atoms with Crippen molar-refractivity contribution in [1.29, 1.82) is 0 Å². The van der Waals surface area contributed by atoms with E-state index < -0.39 is 0 Å². The molecule has 1 saturated carbocycles. The van der Waals surface area contributed by atoms with Gasteiger partial charge in [0.1, 0.15) is 18.9 Å². The van der Waals surface area contributed by atoms with Gasteiger partial charge in [0.25, 0.3) is 0 Å². The van der Waals surface area contributed by atoms with Gasteiger partial charge in [-0.2, -0.15) is 0 Å². The number of piperidine rings is 1. The number of nitrogens with zero attached hydrogens (tertiary/aromatic N) is 3. The summed E-state index contributed by atoms with van der Waals surface area (Å²) >= 11 is 0. The van der Waals surface area contributed by atoms with E-state index in [1.807, 2.05) is 4.90 Å². The van der Waals surface area contributed by atoms with Crippen molar-refractivity contribution in [2.75, 3.05) is 24.5 Å². The van der Waals surface area contributed by atoms with E-state index in [1.54, 1.807) is 17.0 Å². The monoisotopic (exact) mass is 487 g/mol. The zero-order valence-electron chi connectivity index (χ0n) is 21.1. The van der Waals surface area contributed by atoms with Gasteiger partial charge in [0, 0.05) is 29.6 Å². The summed E-state index contributed by atoms with van der Waals surface area (Å²) in [5.74, 6) is -0.0976. The highest BCUT2D eigenvalue weighted by Gasteiger charge is 2.34. The Hall–Kier alpha value is -3.15. The molecule has 2 aromatic carbocycles. The lowest BCUT2D eigenvalue weighted by Crippen LogP contribution is -2.45. The second-order valence-corrected chi connectivity index (χ2v) is 10.8. The molecule has 0 atom stereocenters. The Morgan fingerprint density at radius 2 is 1.72 bits per heavy atom. The number of halogens is 1. The van der Waals surface area contributed by atoms with Crippen molar-refractivity contribution in [1.82, 2.24) is 9.47 Å². The molecule has 2 aliphatic heterocycles. The minimum absolute atomic E-state index is 0.00196. The molecule has 36 heavy (non-hydrogen) atoms. The number of benzene rings is 2. The van der Waals surface area contributed by atoms with Crippen LogP contribution in [-0.2, 0) is 16.1 Å². The van der Waals surface area contributed by atoms with Crippen LogP contribution in [0, 0.1) is 12.7 Å². The lowest BCUT2D eigenvalue weighted by atomic mass is 9.81. The van der Waals surface area contributed by atoms with Gasteiger partial charge in [-0.15, -0.1) is 0 Å². The van der Waals surface area contributed by atoms with E-state index in [1.165, 1.54) is 36.3 Å². The van der Waals surface area contributed by atoms with Crippen LogP contribution in [0.2, 0.25) is 0 Å². The Balaban J connectivity index is 1.52. The molecule has 0 radical (unpaired) electrons. The fraction of sp³-hybridized carbons (Fsp3) is 0.467. The lowest BCUT2D eigenvalue weighted by molar-refractivity contribution is -0.132. The molecule has 1 aliphatic carbocycles. The first-order valence-electron chi connectivity index (χ1n) is 13.5. The normalized spacial score (nSPS) is 18.8. The van der Waals surface area contributed by atoms with Crippen LogP contribution in [0.5, 0.6) is 0 Å². The van der Waals surface area contributed by atoms with Crippen LogP contribution in [0.15, 0.2) is 36.4 Å². The Kier molecular flexibility index (Phi) is 6.06. The molecular formula is C30H34FN3O2. The first-order valence-corrected chi connectivity index (χ1v) is 13.5. The van der Waals surface area contributed by atoms with Gasteiger partial charge in [-0.25, -0.2) is 4.39 Å². The van der Waals surface area contributed by atoms with E-state index in [4.69, 9.17) is 0 Å². The van der Waals surface area contributed by atoms with Crippen LogP contribution in [0.1, 0.15) is 68.4 Å². The Morgan fingerprint density at radius 1 is 0.972 bits per heavy atom. The van der Waals surface area contributed by atoms with Crippen molar-refractivity contribution >= 4 is 28.4 Å². The Labute approximate surface area is 211 Å². The van der Waals surface area contributed by atoms with E-state index in [2.05, 4.69) is 29.7 Å². The number of carbonyl (C=O) groups excluding carboxylic acids is 2. The molecule has 188 valence electrons. The van der Waals surface area contributed by atoms with Crippen molar-refractivity contribution in [2.24, 2.45) is 0 Å². The van der Waals surface area contributed by atoms with E-state index in [0.29, 0.717) is 11.6 Å². The molecule has 5 nitrogen and oxygen atoms in total. The van der Waals surface area contributed by atoms with E-state index in [9.17, 15) is 14.0 Å². The fourth-order valence-corrected chi connectivity index (χ4v) is 6.59. The smallest absolute Gasteiger partial charge is 0.247 e. The zero-order chi connectivity index (χ0) is 24.8. The quantitative estimate of drug-likeness (QED) is 0.444. The molecule has 2 amide bonds. The number of hydrogen-bond donors (Lipinski definition) is 0. The van der Waals surface area contributed by atoms with Gasteiger partial charge in [-0.05, 0) is 80.3 Å². The highest BCUT2D eigenvalue weighted by atomic mass is 19.1. The van der Waals surface area contributed by atoms with Crippen LogP contribution in [0.3, 0.4) is 0 Å². The van der Waals surface area contributed by atoms with Crippen LogP contribution in [0.4, 0.5) is 10.1 Å². The van der Waals surface area contributed by atoms with Crippen LogP contribution in [0.25, 0.3) is 22.2 Å². The maximum atomic E-state index is 14.8. The standard InChI is InChI=1S/C30H34FN3O2/c1-20-10-12-23-26(16-20)34-19-28(36)33(18-27(35)32-14-6-3-7-15-32)25-13-11-22(31)17-24(25)30(34)29(23)21-8-4-2-5-9-21/h10-13,16-17,21H,2-9,14-15,18-19H2,1H3. The summed E-state index contributed by atoms with van der Waals surface area (Å²) in [7, 11) is 0. The average molecular weight is 488 g/mol. The van der Waals surface area contributed by atoms with Gasteiger partial charge >= 0.3 is 0 Å². The predicted octanol–water partition coefficient (Wildman–Crippen LogP) is 6.16. The van der Waals surface area contributed by atoms with Gasteiger partial charge in [-0.1, -0.05) is 31.4 Å². The Morgan fingerprint density at radius 3 is 2.50 bits per heavy atom. The molecule has 6 rings (SSSR count). The summed E-state index contributed by atoms with van der Waals surface area (Å²) in [5.41, 5.74) is 5.72. The van der Waals surface area contributed by atoms with Crippen molar-refractivity contribution in [2.45, 2.75) is 70.8 Å². The highest BCUT2D eigenvalue weighted by molar-refractivity contribution is 6.06. The number of rotatable bonds is 3. The predicted molar refractivity (Wildman–Crippen MR) is 141 cm³/mol. The maximum Gasteiger partial charge on any atom is 0.247 e. The molecule has 0 spiro atoms. The summed E-state index contributed by atoms with van der Waals surface area (Å²) in [5, 5.41) is 1.17. The summed E-state index contributed by atoms with van der Waals surface area (Å²) in [6.07, 6.45) is 8.99. The highest BCUT2D eigenvalue weighted by Crippen LogP contribution is 2.47. The molecule has 3 aromatic rings. The molecule has 1 aromatic heterocycles. The number of aryl methyl sites for hydroxylation is 1. The van der Waals surface area contributed by atoms with E-state index in [-0.39, 0.29) is 30.7 Å². The average Bonchev–Trinajstić information content (AvgIpc) is 3.15. The lowest BCUT2D eigenvalue weighted by Gasteiger charge is -2.30. The first kappa shape index (κ1) is 23.3. The van der Waals surface area contributed by atoms with Gasteiger partial charge < -0.3 is 14.4 Å². The van der Waals surface area contributed by atoms with Crippen LogP contribution < -0.4 is 4.90 Å². The van der Waals surface area contributed by atoms with Gasteiger partial charge in [0.05, 0.1) is 11.4 Å². The van der Waals surface area contributed by atoms with Gasteiger partial charge in [0.15, 0.2) is 0 Å². The summed E-state index contributed by atoms with van der Waals surface area (Å²) in [6, 6.07) is 11.1. The third kappa shape index (κ3) is 4.00. The number of hydrogen-bond acceptors (Lipinski definition) is 2. The topological polar surface area (TPSA) is 45.6 Å². The van der Waals surface area contributed by atoms with Gasteiger partial charge in [-0.3, -0.25) is 9.59 Å². The number of amides is 2. The summed E-state index contributed by atoms with van der Waals surface area (Å²) in [4.78, 5) is 30.5. The summed E-state index contributed by atoms with van der Waals surface area (Å²) < 4.78 is 16.9. The number of fused-ring (bicyclic) bond motifs is 5. The number of likely N-dealkylation sites (tertiary alicyclic amines) is 1. The van der Waals surface area contributed by atoms with Crippen molar-refractivity contribution < 1.29 is 14.0 Å². The first-order chi connectivity index (χ1) is 17.5. The molecular weight excluding hydrogens is 453 g/mol. The third-order valence-corrected chi connectivity index (χ3v) is 8.37. The minimum atomic E-state index is -0.326. The second kappa shape index (κ2) is 9.38. The Bertz CT molecular complexity index is 1330. The van der Waals surface area contributed by atoms with Gasteiger partial charge in [0.2, 0.25) is 11.8 Å². The maximum absolute atomic E-state index is 14.8.